The van der Waals surface area contributed by atoms with E-state index in [1.165, 1.54) is 7.11 Å². The lowest BCUT2D eigenvalue weighted by atomic mass is 10.1. The molecule has 0 saturated carbocycles. The quantitative estimate of drug-likeness (QED) is 0.684. The van der Waals surface area contributed by atoms with Crippen LogP contribution in [0.2, 0.25) is 0 Å². The highest BCUT2D eigenvalue weighted by Crippen LogP contribution is 2.28. The maximum Gasteiger partial charge on any atom is 0.269 e. The maximum absolute atomic E-state index is 12.3. The molecule has 0 bridgehead atoms. The fourth-order valence-electron chi connectivity index (χ4n) is 2.56. The average molecular weight is 384 g/mol. The van der Waals surface area contributed by atoms with Gasteiger partial charge in [-0.05, 0) is 48.6 Å². The summed E-state index contributed by atoms with van der Waals surface area (Å²) in [6.45, 7) is 6.77. The highest BCUT2D eigenvalue weighted by atomic mass is 16.5. The Morgan fingerprint density at radius 3 is 2.46 bits per heavy atom. The number of nitrogens with one attached hydrogen (secondary N) is 2. The normalized spacial score (nSPS) is 10.5. The van der Waals surface area contributed by atoms with Crippen molar-refractivity contribution in [1.82, 2.24) is 10.9 Å². The summed E-state index contributed by atoms with van der Waals surface area (Å²) in [6, 6.07) is 12.6. The third-order valence-electron chi connectivity index (χ3n) is 4.31. The molecule has 2 N–H and O–H groups in total. The van der Waals surface area contributed by atoms with Gasteiger partial charge in [0, 0.05) is 5.56 Å². The van der Waals surface area contributed by atoms with Crippen LogP contribution in [0.5, 0.6) is 11.5 Å². The standard InChI is InChI=1S/C22H28N2O4/c1-15(2)11-12-28-19-10-9-18(13-20(19)27-4)22(26)24-23-21(25)14-17-8-6-5-7-16(17)3/h5-10,13,15H,11-12,14H2,1-4H3,(H,23,25)(H,24,26). The number of hydrogen-bond donors (Lipinski definition) is 2. The van der Waals surface area contributed by atoms with E-state index in [1.807, 2.05) is 31.2 Å². The number of rotatable bonds is 8. The minimum Gasteiger partial charge on any atom is -0.493 e. The fourth-order valence-corrected chi connectivity index (χ4v) is 2.56. The molecule has 0 spiro atoms. The second kappa shape index (κ2) is 10.3. The number of amides is 2. The molecule has 0 aliphatic carbocycles. The molecule has 0 fully saturated rings. The third-order valence-corrected chi connectivity index (χ3v) is 4.31. The van der Waals surface area contributed by atoms with Crippen molar-refractivity contribution in [2.24, 2.45) is 5.92 Å². The molecular weight excluding hydrogens is 356 g/mol. The Morgan fingerprint density at radius 1 is 1.04 bits per heavy atom. The highest BCUT2D eigenvalue weighted by Gasteiger charge is 2.13. The molecule has 6 heteroatoms. The number of benzene rings is 2. The second-order valence-corrected chi connectivity index (χ2v) is 7.00. The van der Waals surface area contributed by atoms with Gasteiger partial charge in [-0.3, -0.25) is 20.4 Å². The summed E-state index contributed by atoms with van der Waals surface area (Å²) in [5, 5.41) is 0. The minimum atomic E-state index is -0.426. The van der Waals surface area contributed by atoms with E-state index in [9.17, 15) is 9.59 Å². The zero-order valence-corrected chi connectivity index (χ0v) is 16.9. The van der Waals surface area contributed by atoms with Crippen LogP contribution < -0.4 is 20.3 Å². The molecule has 6 nitrogen and oxygen atoms in total. The molecule has 0 atom stereocenters. The lowest BCUT2D eigenvalue weighted by Crippen LogP contribution is -2.42. The van der Waals surface area contributed by atoms with Gasteiger partial charge in [0.05, 0.1) is 20.1 Å². The first-order valence-corrected chi connectivity index (χ1v) is 9.35. The predicted molar refractivity (Wildman–Crippen MR) is 108 cm³/mol. The first-order valence-electron chi connectivity index (χ1n) is 9.35. The Labute approximate surface area is 166 Å². The monoisotopic (exact) mass is 384 g/mol. The van der Waals surface area contributed by atoms with Crippen LogP contribution in [0.3, 0.4) is 0 Å². The first kappa shape index (κ1) is 21.3. The molecule has 2 amide bonds. The van der Waals surface area contributed by atoms with Gasteiger partial charge in [-0.1, -0.05) is 38.1 Å². The number of ether oxygens (including phenoxy) is 2. The Kier molecular flexibility index (Phi) is 7.87. The number of carbonyl (C=O) groups is 2. The first-order chi connectivity index (χ1) is 13.4. The van der Waals surface area contributed by atoms with E-state index >= 15 is 0 Å². The Balaban J connectivity index is 1.92. The van der Waals surface area contributed by atoms with E-state index in [-0.39, 0.29) is 12.3 Å². The van der Waals surface area contributed by atoms with Crippen LogP contribution in [0, 0.1) is 12.8 Å². The van der Waals surface area contributed by atoms with Gasteiger partial charge in [0.25, 0.3) is 5.91 Å². The van der Waals surface area contributed by atoms with Gasteiger partial charge in [-0.2, -0.15) is 0 Å². The number of hydrogen-bond acceptors (Lipinski definition) is 4. The fraction of sp³-hybridized carbons (Fsp3) is 0.364. The van der Waals surface area contributed by atoms with Crippen molar-refractivity contribution in [3.63, 3.8) is 0 Å². The molecule has 0 saturated heterocycles. The van der Waals surface area contributed by atoms with E-state index in [2.05, 4.69) is 24.7 Å². The topological polar surface area (TPSA) is 76.7 Å². The van der Waals surface area contributed by atoms with Crippen LogP contribution >= 0.6 is 0 Å². The van der Waals surface area contributed by atoms with Crippen LogP contribution in [-0.4, -0.2) is 25.5 Å². The van der Waals surface area contributed by atoms with Crippen molar-refractivity contribution in [1.29, 1.82) is 0 Å². The molecule has 2 aromatic rings. The summed E-state index contributed by atoms with van der Waals surface area (Å²) in [5.74, 6) is 0.888. The molecule has 0 aliphatic heterocycles. The third kappa shape index (κ3) is 6.30. The van der Waals surface area contributed by atoms with Crippen molar-refractivity contribution >= 4 is 11.8 Å². The van der Waals surface area contributed by atoms with Crippen molar-refractivity contribution in [3.8, 4) is 11.5 Å². The average Bonchev–Trinajstić information content (AvgIpc) is 2.67. The number of carbonyl (C=O) groups excluding carboxylic acids is 2. The number of aryl methyl sites for hydroxylation is 1. The molecule has 2 rings (SSSR count). The lowest BCUT2D eigenvalue weighted by molar-refractivity contribution is -0.121. The molecular formula is C22H28N2O4. The molecule has 0 heterocycles. The largest absolute Gasteiger partial charge is 0.493 e. The van der Waals surface area contributed by atoms with Crippen LogP contribution in [0.1, 0.15) is 41.8 Å². The van der Waals surface area contributed by atoms with Gasteiger partial charge < -0.3 is 9.47 Å². The summed E-state index contributed by atoms with van der Waals surface area (Å²) in [5.41, 5.74) is 7.19. The smallest absolute Gasteiger partial charge is 0.269 e. The van der Waals surface area contributed by atoms with Gasteiger partial charge in [-0.15, -0.1) is 0 Å². The lowest BCUT2D eigenvalue weighted by Gasteiger charge is -2.13. The van der Waals surface area contributed by atoms with Crippen LogP contribution in [-0.2, 0) is 11.2 Å². The highest BCUT2D eigenvalue weighted by molar-refractivity contribution is 5.96. The zero-order chi connectivity index (χ0) is 20.5. The molecule has 0 radical (unpaired) electrons. The molecule has 2 aromatic carbocycles. The van der Waals surface area contributed by atoms with Crippen molar-refractivity contribution < 1.29 is 19.1 Å². The van der Waals surface area contributed by atoms with E-state index in [0.29, 0.717) is 29.6 Å². The van der Waals surface area contributed by atoms with Crippen LogP contribution in [0.15, 0.2) is 42.5 Å². The summed E-state index contributed by atoms with van der Waals surface area (Å²) in [6.07, 6.45) is 1.12. The summed E-state index contributed by atoms with van der Waals surface area (Å²) in [7, 11) is 1.52. The summed E-state index contributed by atoms with van der Waals surface area (Å²) >= 11 is 0. The van der Waals surface area contributed by atoms with Gasteiger partial charge >= 0.3 is 0 Å². The van der Waals surface area contributed by atoms with Gasteiger partial charge in [-0.25, -0.2) is 0 Å². The molecule has 150 valence electrons. The van der Waals surface area contributed by atoms with Crippen LogP contribution in [0.25, 0.3) is 0 Å². The Morgan fingerprint density at radius 2 is 1.79 bits per heavy atom. The SMILES string of the molecule is COc1cc(C(=O)NNC(=O)Cc2ccccc2C)ccc1OCCC(C)C. The van der Waals surface area contributed by atoms with Crippen molar-refractivity contribution in [3.05, 3.63) is 59.2 Å². The number of hydrazine groups is 1. The predicted octanol–water partition coefficient (Wildman–Crippen LogP) is 3.43. The maximum atomic E-state index is 12.3. The number of methoxy groups -OCH3 is 1. The zero-order valence-electron chi connectivity index (χ0n) is 16.9. The van der Waals surface area contributed by atoms with Crippen LogP contribution in [0.4, 0.5) is 0 Å². The van der Waals surface area contributed by atoms with Crippen molar-refractivity contribution in [2.45, 2.75) is 33.6 Å². The summed E-state index contributed by atoms with van der Waals surface area (Å²) < 4.78 is 11.0. The van der Waals surface area contributed by atoms with E-state index in [4.69, 9.17) is 9.47 Å². The van der Waals surface area contributed by atoms with E-state index in [1.54, 1.807) is 18.2 Å². The summed E-state index contributed by atoms with van der Waals surface area (Å²) in [4.78, 5) is 24.4. The van der Waals surface area contributed by atoms with Gasteiger partial charge in [0.2, 0.25) is 5.91 Å². The van der Waals surface area contributed by atoms with Gasteiger partial charge in [0.15, 0.2) is 11.5 Å². The minimum absolute atomic E-state index is 0.193. The Hall–Kier alpha value is -3.02. The van der Waals surface area contributed by atoms with Gasteiger partial charge in [0.1, 0.15) is 0 Å². The molecule has 0 aliphatic rings. The van der Waals surface area contributed by atoms with E-state index in [0.717, 1.165) is 17.5 Å². The van der Waals surface area contributed by atoms with Crippen molar-refractivity contribution in [2.75, 3.05) is 13.7 Å². The second-order valence-electron chi connectivity index (χ2n) is 7.00. The Bertz CT molecular complexity index is 818. The molecule has 28 heavy (non-hydrogen) atoms. The van der Waals surface area contributed by atoms with E-state index < -0.39 is 5.91 Å². The molecule has 0 unspecified atom stereocenters. The molecule has 0 aromatic heterocycles.